The van der Waals surface area contributed by atoms with Gasteiger partial charge in [0.25, 0.3) is 0 Å². The lowest BCUT2D eigenvalue weighted by atomic mass is 10.1. The highest BCUT2D eigenvalue weighted by molar-refractivity contribution is 5.94. The molecule has 0 radical (unpaired) electrons. The Morgan fingerprint density at radius 2 is 2.30 bits per heavy atom. The van der Waals surface area contributed by atoms with Crippen LogP contribution in [0.2, 0.25) is 0 Å². The van der Waals surface area contributed by atoms with Crippen molar-refractivity contribution < 1.29 is 14.6 Å². The van der Waals surface area contributed by atoms with E-state index < -0.39 is 0 Å². The minimum absolute atomic E-state index is 0.123. The normalized spacial score (nSPS) is 12.4. The molecular weight excluding hydrogens is 256 g/mol. The van der Waals surface area contributed by atoms with Gasteiger partial charge in [-0.2, -0.15) is 0 Å². The molecule has 1 aromatic rings. The number of ether oxygens (including phenoxy) is 1. The van der Waals surface area contributed by atoms with E-state index in [9.17, 15) is 4.79 Å². The third-order valence-corrected chi connectivity index (χ3v) is 2.79. The number of benzene rings is 1. The van der Waals surface area contributed by atoms with E-state index in [4.69, 9.17) is 9.84 Å². The molecule has 0 aliphatic rings. The lowest BCUT2D eigenvalue weighted by Gasteiger charge is -2.08. The third kappa shape index (κ3) is 4.66. The first-order chi connectivity index (χ1) is 9.62. The highest BCUT2D eigenvalue weighted by Crippen LogP contribution is 2.16. The van der Waals surface area contributed by atoms with Crippen LogP contribution in [0.1, 0.15) is 29.8 Å². The molecule has 0 unspecified atom stereocenters. The summed E-state index contributed by atoms with van der Waals surface area (Å²) in [5, 5.41) is 12.0. The average molecular weight is 278 g/mol. The van der Waals surface area contributed by atoms with Crippen LogP contribution in [0.3, 0.4) is 0 Å². The van der Waals surface area contributed by atoms with Crippen LogP contribution in [0.15, 0.2) is 23.2 Å². The summed E-state index contributed by atoms with van der Waals surface area (Å²) in [5.41, 5.74) is 2.22. The standard InChI is InChI=1S/C15H22N2O3/c1-4-20-15(19)12-5-6-13(14(7-12)16-3)9-17-8-11(2)10-18/h5-7,9,11,16,18H,4,8,10H2,1-3H3/b17-9-/t11-/m0/s1. The fourth-order valence-corrected chi connectivity index (χ4v) is 1.62. The summed E-state index contributed by atoms with van der Waals surface area (Å²) in [5.74, 6) is -0.190. The molecule has 20 heavy (non-hydrogen) atoms. The molecule has 0 spiro atoms. The van der Waals surface area contributed by atoms with E-state index in [-0.39, 0.29) is 18.5 Å². The summed E-state index contributed by atoms with van der Waals surface area (Å²) in [7, 11) is 1.79. The first-order valence-electron chi connectivity index (χ1n) is 6.72. The third-order valence-electron chi connectivity index (χ3n) is 2.79. The van der Waals surface area contributed by atoms with Crippen molar-refractivity contribution in [2.45, 2.75) is 13.8 Å². The van der Waals surface area contributed by atoms with Gasteiger partial charge in [0.05, 0.1) is 12.2 Å². The van der Waals surface area contributed by atoms with E-state index in [1.807, 2.05) is 13.0 Å². The van der Waals surface area contributed by atoms with Crippen LogP contribution in [-0.4, -0.2) is 44.1 Å². The Hall–Kier alpha value is -1.88. The van der Waals surface area contributed by atoms with E-state index in [0.717, 1.165) is 11.3 Å². The van der Waals surface area contributed by atoms with Gasteiger partial charge in [-0.05, 0) is 25.0 Å². The maximum Gasteiger partial charge on any atom is 0.338 e. The predicted octanol–water partition coefficient (Wildman–Crippen LogP) is 1.95. The zero-order valence-electron chi connectivity index (χ0n) is 12.2. The maximum absolute atomic E-state index is 11.7. The zero-order chi connectivity index (χ0) is 15.0. The Bertz CT molecular complexity index is 472. The van der Waals surface area contributed by atoms with Crippen LogP contribution in [0, 0.1) is 5.92 Å². The summed E-state index contributed by atoms with van der Waals surface area (Å²) < 4.78 is 4.97. The SMILES string of the molecule is CCOC(=O)c1ccc(/C=N\C[C@H](C)CO)c(NC)c1. The minimum Gasteiger partial charge on any atom is -0.462 e. The maximum atomic E-state index is 11.7. The van der Waals surface area contributed by atoms with Gasteiger partial charge in [0, 0.05) is 37.7 Å². The summed E-state index contributed by atoms with van der Waals surface area (Å²) in [6.45, 7) is 4.76. The molecule has 0 amide bonds. The lowest BCUT2D eigenvalue weighted by molar-refractivity contribution is 0.0526. The largest absolute Gasteiger partial charge is 0.462 e. The van der Waals surface area contributed by atoms with Crippen LogP contribution in [0.25, 0.3) is 0 Å². The molecule has 110 valence electrons. The van der Waals surface area contributed by atoms with Crippen molar-refractivity contribution in [2.75, 3.05) is 32.1 Å². The van der Waals surface area contributed by atoms with E-state index in [2.05, 4.69) is 10.3 Å². The molecule has 1 aromatic carbocycles. The zero-order valence-corrected chi connectivity index (χ0v) is 12.2. The molecule has 1 rings (SSSR count). The lowest BCUT2D eigenvalue weighted by Crippen LogP contribution is -2.07. The van der Waals surface area contributed by atoms with Gasteiger partial charge in [-0.1, -0.05) is 13.0 Å². The van der Waals surface area contributed by atoms with Crippen molar-refractivity contribution in [1.29, 1.82) is 0 Å². The number of hydrogen-bond acceptors (Lipinski definition) is 5. The second kappa shape index (κ2) is 8.32. The van der Waals surface area contributed by atoms with Crippen molar-refractivity contribution >= 4 is 17.9 Å². The molecule has 5 heteroatoms. The Labute approximate surface area is 119 Å². The molecule has 2 N–H and O–H groups in total. The molecule has 0 heterocycles. The van der Waals surface area contributed by atoms with Crippen LogP contribution < -0.4 is 5.32 Å². The molecule has 0 aliphatic heterocycles. The van der Waals surface area contributed by atoms with Crippen molar-refractivity contribution in [3.05, 3.63) is 29.3 Å². The minimum atomic E-state index is -0.332. The molecule has 0 saturated heterocycles. The molecular formula is C15H22N2O3. The summed E-state index contributed by atoms with van der Waals surface area (Å²) in [4.78, 5) is 15.9. The smallest absolute Gasteiger partial charge is 0.338 e. The number of nitrogens with zero attached hydrogens (tertiary/aromatic N) is 1. The van der Waals surface area contributed by atoms with Gasteiger partial charge >= 0.3 is 5.97 Å². The van der Waals surface area contributed by atoms with Gasteiger partial charge in [0.15, 0.2) is 0 Å². The highest BCUT2D eigenvalue weighted by Gasteiger charge is 2.09. The van der Waals surface area contributed by atoms with Gasteiger partial charge < -0.3 is 15.2 Å². The second-order valence-corrected chi connectivity index (χ2v) is 4.55. The number of hydrogen-bond donors (Lipinski definition) is 2. The summed E-state index contributed by atoms with van der Waals surface area (Å²) >= 11 is 0. The van der Waals surface area contributed by atoms with Crippen molar-refractivity contribution in [1.82, 2.24) is 0 Å². The van der Waals surface area contributed by atoms with Gasteiger partial charge in [0.1, 0.15) is 0 Å². The number of nitrogens with one attached hydrogen (secondary N) is 1. The van der Waals surface area contributed by atoms with Crippen LogP contribution in [0.5, 0.6) is 0 Å². The fraction of sp³-hybridized carbons (Fsp3) is 0.467. The second-order valence-electron chi connectivity index (χ2n) is 4.55. The highest BCUT2D eigenvalue weighted by atomic mass is 16.5. The molecule has 1 atom stereocenters. The average Bonchev–Trinajstić information content (AvgIpc) is 2.47. The van der Waals surface area contributed by atoms with E-state index in [1.165, 1.54) is 0 Å². The Morgan fingerprint density at radius 1 is 1.55 bits per heavy atom. The Morgan fingerprint density at radius 3 is 2.90 bits per heavy atom. The predicted molar refractivity (Wildman–Crippen MR) is 80.7 cm³/mol. The summed E-state index contributed by atoms with van der Waals surface area (Å²) in [6, 6.07) is 5.29. The first-order valence-corrected chi connectivity index (χ1v) is 6.72. The van der Waals surface area contributed by atoms with Gasteiger partial charge in [-0.25, -0.2) is 4.79 Å². The van der Waals surface area contributed by atoms with Crippen LogP contribution in [-0.2, 0) is 4.74 Å². The van der Waals surface area contributed by atoms with Gasteiger partial charge in [-0.15, -0.1) is 0 Å². The van der Waals surface area contributed by atoms with Gasteiger partial charge in [-0.3, -0.25) is 4.99 Å². The number of anilines is 1. The topological polar surface area (TPSA) is 70.9 Å². The van der Waals surface area contributed by atoms with Crippen molar-refractivity contribution in [3.63, 3.8) is 0 Å². The Kier molecular flexibility index (Phi) is 6.73. The number of aliphatic hydroxyl groups is 1. The van der Waals surface area contributed by atoms with E-state index in [1.54, 1.807) is 32.3 Å². The van der Waals surface area contributed by atoms with Gasteiger partial charge in [0.2, 0.25) is 0 Å². The number of esters is 1. The number of aliphatic hydroxyl groups excluding tert-OH is 1. The van der Waals surface area contributed by atoms with Crippen molar-refractivity contribution in [3.8, 4) is 0 Å². The molecule has 0 bridgehead atoms. The number of aliphatic imine (C=N–C) groups is 1. The number of carbonyl (C=O) groups excluding carboxylic acids is 1. The van der Waals surface area contributed by atoms with E-state index >= 15 is 0 Å². The Balaban J connectivity index is 2.85. The van der Waals surface area contributed by atoms with Crippen LogP contribution >= 0.6 is 0 Å². The number of rotatable bonds is 7. The van der Waals surface area contributed by atoms with Crippen LogP contribution in [0.4, 0.5) is 5.69 Å². The molecule has 0 fully saturated rings. The molecule has 5 nitrogen and oxygen atoms in total. The number of carbonyl (C=O) groups is 1. The van der Waals surface area contributed by atoms with Crippen molar-refractivity contribution in [2.24, 2.45) is 10.9 Å². The molecule has 0 aromatic heterocycles. The monoisotopic (exact) mass is 278 g/mol. The molecule has 0 aliphatic carbocycles. The quantitative estimate of drug-likeness (QED) is 0.591. The first kappa shape index (κ1) is 16.2. The fourth-order valence-electron chi connectivity index (χ4n) is 1.62. The summed E-state index contributed by atoms with van der Waals surface area (Å²) in [6.07, 6.45) is 1.74. The molecule has 0 saturated carbocycles. The van der Waals surface area contributed by atoms with E-state index in [0.29, 0.717) is 18.7 Å².